The molecule has 3 N–H and O–H groups in total. The molecule has 16 heteroatoms. The summed E-state index contributed by atoms with van der Waals surface area (Å²) in [4.78, 5) is 25.2. The molecule has 0 saturated carbocycles. The lowest BCUT2D eigenvalue weighted by Gasteiger charge is -2.23. The van der Waals surface area contributed by atoms with Crippen LogP contribution in [0.25, 0.3) is 11.3 Å². The molecular weight excluding hydrogens is 612 g/mol. The van der Waals surface area contributed by atoms with Crippen LogP contribution in [0, 0.1) is 0 Å². The van der Waals surface area contributed by atoms with Gasteiger partial charge >= 0.3 is 6.18 Å². The zero-order valence-corrected chi connectivity index (χ0v) is 25.9. The van der Waals surface area contributed by atoms with E-state index in [2.05, 4.69) is 36.0 Å². The molecule has 4 aromatic rings. The molecule has 45 heavy (non-hydrogen) atoms. The number of halogens is 3. The molecule has 4 aliphatic rings. The predicted molar refractivity (Wildman–Crippen MR) is 162 cm³/mol. The summed E-state index contributed by atoms with van der Waals surface area (Å²) in [5.74, 6) is -1.06. The summed E-state index contributed by atoms with van der Waals surface area (Å²) in [5.41, 5.74) is 0.470. The van der Waals surface area contributed by atoms with Crippen LogP contribution in [-0.4, -0.2) is 57.1 Å². The molecule has 0 aliphatic carbocycles. The molecule has 0 radical (unpaired) electrons. The van der Waals surface area contributed by atoms with Crippen molar-refractivity contribution in [3.05, 3.63) is 65.7 Å². The van der Waals surface area contributed by atoms with E-state index in [1.54, 1.807) is 41.3 Å². The molecule has 8 bridgehead atoms. The van der Waals surface area contributed by atoms with Crippen molar-refractivity contribution in [2.75, 3.05) is 31.4 Å². The zero-order valence-electron chi connectivity index (χ0n) is 25.0. The van der Waals surface area contributed by atoms with Crippen LogP contribution in [0.5, 0.6) is 5.75 Å². The van der Waals surface area contributed by atoms with Crippen LogP contribution in [-0.2, 0) is 28.0 Å². The first-order chi connectivity index (χ1) is 21.4. The number of nitrogens with zero attached hydrogens (tertiary/aromatic N) is 5. The number of carbonyl (C=O) groups excluding carboxylic acids is 1. The first kappa shape index (κ1) is 31.9. The van der Waals surface area contributed by atoms with Crippen LogP contribution in [0.4, 0.5) is 36.3 Å². The van der Waals surface area contributed by atoms with Crippen LogP contribution < -0.4 is 20.7 Å². The van der Waals surface area contributed by atoms with Gasteiger partial charge in [0, 0.05) is 37.2 Å². The van der Waals surface area contributed by atoms with E-state index in [-0.39, 0.29) is 35.8 Å². The van der Waals surface area contributed by atoms with Crippen molar-refractivity contribution in [3.8, 4) is 17.0 Å². The van der Waals surface area contributed by atoms with Gasteiger partial charge in [-0.1, -0.05) is 19.9 Å². The lowest BCUT2D eigenvalue weighted by Crippen LogP contribution is -2.21. The largest absolute Gasteiger partial charge is 0.495 e. The molecule has 238 valence electrons. The number of nitrogens with one attached hydrogen (secondary N) is 3. The molecule has 1 aromatic carbocycles. The van der Waals surface area contributed by atoms with E-state index >= 15 is 0 Å². The molecule has 0 spiro atoms. The van der Waals surface area contributed by atoms with Gasteiger partial charge in [-0.05, 0) is 36.2 Å². The summed E-state index contributed by atoms with van der Waals surface area (Å²) in [6.07, 6.45) is -0.180. The van der Waals surface area contributed by atoms with E-state index < -0.39 is 30.8 Å². The molecule has 0 saturated heterocycles. The van der Waals surface area contributed by atoms with Gasteiger partial charge in [-0.25, -0.2) is 9.97 Å². The Morgan fingerprint density at radius 1 is 1.13 bits per heavy atom. The van der Waals surface area contributed by atoms with Crippen molar-refractivity contribution in [2.24, 2.45) is 0 Å². The fourth-order valence-electron chi connectivity index (χ4n) is 4.64. The fraction of sp³-hybridized carbons (Fsp3) is 0.345. The number of carbonyl (C=O) groups is 1. The molecule has 0 unspecified atom stereocenters. The molecular formula is C29H32F3N8O4P. The van der Waals surface area contributed by atoms with Gasteiger partial charge in [0.25, 0.3) is 5.91 Å². The number of amides is 1. The topological polar surface area (TPSA) is 145 Å². The minimum absolute atomic E-state index is 0.00329. The maximum atomic E-state index is 14.0. The maximum Gasteiger partial charge on any atom is 0.421 e. The number of ether oxygens (including phenoxy) is 1. The number of anilines is 4. The van der Waals surface area contributed by atoms with Crippen LogP contribution in [0.3, 0.4) is 0 Å². The standard InChI is InChI=1S/C29H32F3N8O4P/c1-17(2)45(42)16-18-6-7-22(24(12-18)43-4)38-28-34-14-20(29(30,31)32)26(39-28)37-23-9-8-21(36-25(23)27(41)33-3)19-13-35-40(15-19)10-5-11-44-45/h6-9,12-15,17H,5,10-11,16H2,1-4H3,(H,33,41)(H2,34,37,38,39)/t45-/m1/s1. The van der Waals surface area contributed by atoms with E-state index in [1.807, 2.05) is 13.8 Å². The Morgan fingerprint density at radius 2 is 1.91 bits per heavy atom. The van der Waals surface area contributed by atoms with Crippen molar-refractivity contribution < 1.29 is 31.8 Å². The molecule has 7 heterocycles. The van der Waals surface area contributed by atoms with E-state index in [0.29, 0.717) is 47.4 Å². The predicted octanol–water partition coefficient (Wildman–Crippen LogP) is 6.22. The van der Waals surface area contributed by atoms with E-state index in [1.165, 1.54) is 20.2 Å². The molecule has 1 amide bonds. The normalized spacial score (nSPS) is 17.2. The Hall–Kier alpha value is -4.49. The summed E-state index contributed by atoms with van der Waals surface area (Å²) in [6, 6.07) is 8.06. The van der Waals surface area contributed by atoms with E-state index in [9.17, 15) is 22.5 Å². The molecule has 12 nitrogen and oxygen atoms in total. The highest BCUT2D eigenvalue weighted by molar-refractivity contribution is 7.58. The van der Waals surface area contributed by atoms with Crippen molar-refractivity contribution in [1.29, 1.82) is 0 Å². The number of alkyl halides is 3. The van der Waals surface area contributed by atoms with Crippen molar-refractivity contribution >= 4 is 36.4 Å². The highest BCUT2D eigenvalue weighted by Gasteiger charge is 2.36. The van der Waals surface area contributed by atoms with Crippen molar-refractivity contribution in [2.45, 2.75) is 44.8 Å². The van der Waals surface area contributed by atoms with Crippen LogP contribution >= 0.6 is 7.37 Å². The average molecular weight is 645 g/mol. The summed E-state index contributed by atoms with van der Waals surface area (Å²) in [5, 5.41) is 12.4. The third-order valence-electron chi connectivity index (χ3n) is 7.16. The van der Waals surface area contributed by atoms with Crippen LogP contribution in [0.1, 0.15) is 41.9 Å². The number of aromatic nitrogens is 5. The van der Waals surface area contributed by atoms with Gasteiger partial charge in [-0.3, -0.25) is 14.0 Å². The third-order valence-corrected chi connectivity index (χ3v) is 10.2. The lowest BCUT2D eigenvalue weighted by atomic mass is 10.1. The SMILES string of the molecule is CNC(=O)c1nc2ccc1Nc1nc(ncc1C(F)(F)F)Nc1ccc(cc1OC)C[P@](=O)(C(C)C)OCCCn1cc-2cn1. The third kappa shape index (κ3) is 7.10. The van der Waals surface area contributed by atoms with E-state index in [4.69, 9.17) is 9.26 Å². The van der Waals surface area contributed by atoms with Crippen molar-refractivity contribution in [3.63, 3.8) is 0 Å². The number of hydrogen-bond donors (Lipinski definition) is 3. The van der Waals surface area contributed by atoms with Gasteiger partial charge in [-0.15, -0.1) is 0 Å². The Kier molecular flexibility index (Phi) is 9.12. The summed E-state index contributed by atoms with van der Waals surface area (Å²) >= 11 is 0. The smallest absolute Gasteiger partial charge is 0.421 e. The monoisotopic (exact) mass is 644 g/mol. The number of hydrogen-bond acceptors (Lipinski definition) is 10. The highest BCUT2D eigenvalue weighted by atomic mass is 31.2. The number of benzene rings is 1. The maximum absolute atomic E-state index is 14.0. The highest BCUT2D eigenvalue weighted by Crippen LogP contribution is 2.55. The second kappa shape index (κ2) is 12.9. The Bertz CT molecular complexity index is 1760. The molecule has 0 fully saturated rings. The number of rotatable bonds is 3. The van der Waals surface area contributed by atoms with Gasteiger partial charge in [-0.2, -0.15) is 23.3 Å². The van der Waals surface area contributed by atoms with Gasteiger partial charge in [0.05, 0.1) is 43.1 Å². The number of methoxy groups -OCH3 is 1. The minimum atomic E-state index is -4.81. The number of pyridine rings is 1. The molecule has 3 aromatic heterocycles. The Labute approximate surface area is 257 Å². The Morgan fingerprint density at radius 3 is 2.62 bits per heavy atom. The van der Waals surface area contributed by atoms with Crippen LogP contribution in [0.15, 0.2) is 48.9 Å². The summed E-state index contributed by atoms with van der Waals surface area (Å²) in [7, 11) is -0.297. The fourth-order valence-corrected chi connectivity index (χ4v) is 6.54. The molecule has 4 aliphatic heterocycles. The van der Waals surface area contributed by atoms with Crippen LogP contribution in [0.2, 0.25) is 0 Å². The second-order valence-corrected chi connectivity index (χ2v) is 13.6. The number of aryl methyl sites for hydroxylation is 1. The summed E-state index contributed by atoms with van der Waals surface area (Å²) < 4.78 is 69.2. The second-order valence-electron chi connectivity index (χ2n) is 10.6. The van der Waals surface area contributed by atoms with Gasteiger partial charge < -0.3 is 25.2 Å². The van der Waals surface area contributed by atoms with E-state index in [0.717, 1.165) is 0 Å². The lowest BCUT2D eigenvalue weighted by molar-refractivity contribution is -0.137. The average Bonchev–Trinajstić information content (AvgIpc) is 3.48. The first-order valence-electron chi connectivity index (χ1n) is 14.0. The zero-order chi connectivity index (χ0) is 32.4. The van der Waals surface area contributed by atoms with Gasteiger partial charge in [0.15, 0.2) is 5.69 Å². The quantitative estimate of drug-likeness (QED) is 0.220. The Balaban J connectivity index is 1.63. The summed E-state index contributed by atoms with van der Waals surface area (Å²) in [6.45, 7) is 4.40. The first-order valence-corrected chi connectivity index (χ1v) is 15.9. The molecule has 1 atom stereocenters. The molecule has 8 rings (SSSR count). The van der Waals surface area contributed by atoms with Gasteiger partial charge in [0.2, 0.25) is 13.3 Å². The van der Waals surface area contributed by atoms with Gasteiger partial charge in [0.1, 0.15) is 17.1 Å². The van der Waals surface area contributed by atoms with Crippen molar-refractivity contribution in [1.82, 2.24) is 30.0 Å². The minimum Gasteiger partial charge on any atom is -0.495 e.